The Hall–Kier alpha value is -0.870. The Morgan fingerprint density at radius 2 is 2.33 bits per heavy atom. The van der Waals surface area contributed by atoms with Crippen molar-refractivity contribution < 1.29 is 4.21 Å². The van der Waals surface area contributed by atoms with Gasteiger partial charge in [-0.15, -0.1) is 0 Å². The highest BCUT2D eigenvalue weighted by atomic mass is 32.2. The van der Waals surface area contributed by atoms with E-state index < -0.39 is 10.8 Å². The lowest BCUT2D eigenvalue weighted by Gasteiger charge is -2.20. The lowest BCUT2D eigenvalue weighted by atomic mass is 10.1. The molecule has 0 aliphatic heterocycles. The quantitative estimate of drug-likeness (QED) is 0.802. The Morgan fingerprint density at radius 1 is 1.56 bits per heavy atom. The van der Waals surface area contributed by atoms with Crippen LogP contribution in [0.4, 0.5) is 5.69 Å². The van der Waals surface area contributed by atoms with E-state index in [2.05, 4.69) is 24.4 Å². The first kappa shape index (κ1) is 13.6. The molecular formula is C14H22N2OS. The average Bonchev–Trinajstić information content (AvgIpc) is 2.69. The molecule has 3 unspecified atom stereocenters. The van der Waals surface area contributed by atoms with Gasteiger partial charge < -0.3 is 11.1 Å². The van der Waals surface area contributed by atoms with Crippen LogP contribution in [0.5, 0.6) is 0 Å². The van der Waals surface area contributed by atoms with E-state index in [0.717, 1.165) is 30.7 Å². The number of aryl methyl sites for hydroxylation is 1. The van der Waals surface area contributed by atoms with E-state index in [9.17, 15) is 4.21 Å². The Labute approximate surface area is 112 Å². The fourth-order valence-electron chi connectivity index (χ4n) is 2.58. The largest absolute Gasteiger partial charge is 0.399 e. The summed E-state index contributed by atoms with van der Waals surface area (Å²) in [6.07, 6.45) is 4.97. The SMILES string of the molecule is CC(CCS(C)=O)NC1CCc2cc(N)ccc21. The Balaban J connectivity index is 1.95. The molecule has 0 amide bonds. The van der Waals surface area contributed by atoms with Gasteiger partial charge in [-0.2, -0.15) is 0 Å². The molecule has 1 aliphatic carbocycles. The van der Waals surface area contributed by atoms with Gasteiger partial charge in [0, 0.05) is 40.6 Å². The van der Waals surface area contributed by atoms with Crippen molar-refractivity contribution in [2.45, 2.75) is 38.3 Å². The van der Waals surface area contributed by atoms with E-state index in [1.807, 2.05) is 6.07 Å². The summed E-state index contributed by atoms with van der Waals surface area (Å²) in [5, 5.41) is 3.63. The van der Waals surface area contributed by atoms with Crippen LogP contribution >= 0.6 is 0 Å². The molecule has 2 rings (SSSR count). The molecule has 0 spiro atoms. The Morgan fingerprint density at radius 3 is 3.06 bits per heavy atom. The Kier molecular flexibility index (Phi) is 4.40. The first-order chi connectivity index (χ1) is 8.56. The standard InChI is InChI=1S/C14H22N2OS/c1-10(7-8-18(2)17)16-14-6-3-11-9-12(15)4-5-13(11)14/h4-5,9-10,14,16H,3,6-8,15H2,1-2H3. The van der Waals surface area contributed by atoms with Crippen molar-refractivity contribution in [1.82, 2.24) is 5.32 Å². The molecule has 0 radical (unpaired) electrons. The number of hydrogen-bond acceptors (Lipinski definition) is 3. The zero-order valence-electron chi connectivity index (χ0n) is 11.1. The second-order valence-electron chi connectivity index (χ2n) is 5.18. The lowest BCUT2D eigenvalue weighted by molar-refractivity contribution is 0.446. The van der Waals surface area contributed by atoms with Gasteiger partial charge >= 0.3 is 0 Å². The lowest BCUT2D eigenvalue weighted by Crippen LogP contribution is -2.30. The molecule has 0 saturated heterocycles. The monoisotopic (exact) mass is 266 g/mol. The van der Waals surface area contributed by atoms with Crippen molar-refractivity contribution in [3.63, 3.8) is 0 Å². The van der Waals surface area contributed by atoms with Crippen molar-refractivity contribution >= 4 is 16.5 Å². The van der Waals surface area contributed by atoms with Gasteiger partial charge in [0.15, 0.2) is 0 Å². The normalized spacial score (nSPS) is 21.6. The molecule has 4 heteroatoms. The number of benzene rings is 1. The first-order valence-electron chi connectivity index (χ1n) is 6.50. The minimum Gasteiger partial charge on any atom is -0.399 e. The summed E-state index contributed by atoms with van der Waals surface area (Å²) < 4.78 is 11.1. The minimum absolute atomic E-state index is 0.405. The molecule has 0 bridgehead atoms. The van der Waals surface area contributed by atoms with Crippen LogP contribution in [-0.4, -0.2) is 22.3 Å². The molecule has 3 atom stereocenters. The molecule has 1 aromatic rings. The summed E-state index contributed by atoms with van der Waals surface area (Å²) in [6.45, 7) is 2.17. The maximum atomic E-state index is 11.1. The molecule has 18 heavy (non-hydrogen) atoms. The number of hydrogen-bond donors (Lipinski definition) is 2. The summed E-state index contributed by atoms with van der Waals surface area (Å²) in [7, 11) is -0.694. The highest BCUT2D eigenvalue weighted by Gasteiger charge is 2.23. The number of nitrogens with one attached hydrogen (secondary N) is 1. The predicted molar refractivity (Wildman–Crippen MR) is 78.1 cm³/mol. The van der Waals surface area contributed by atoms with E-state index in [-0.39, 0.29) is 0 Å². The third-order valence-electron chi connectivity index (χ3n) is 3.57. The van der Waals surface area contributed by atoms with Gasteiger partial charge in [0.1, 0.15) is 0 Å². The molecule has 3 N–H and O–H groups in total. The van der Waals surface area contributed by atoms with Crippen LogP contribution in [0.25, 0.3) is 0 Å². The smallest absolute Gasteiger partial charge is 0.0328 e. The van der Waals surface area contributed by atoms with Crippen LogP contribution in [0, 0.1) is 0 Å². The van der Waals surface area contributed by atoms with Gasteiger partial charge in [-0.05, 0) is 49.4 Å². The second kappa shape index (κ2) is 5.85. The maximum Gasteiger partial charge on any atom is 0.0328 e. The van der Waals surface area contributed by atoms with Crippen molar-refractivity contribution in [2.75, 3.05) is 17.7 Å². The van der Waals surface area contributed by atoms with Gasteiger partial charge in [-0.1, -0.05) is 6.07 Å². The van der Waals surface area contributed by atoms with Crippen LogP contribution in [-0.2, 0) is 17.2 Å². The fraction of sp³-hybridized carbons (Fsp3) is 0.571. The zero-order chi connectivity index (χ0) is 13.1. The average molecular weight is 266 g/mol. The topological polar surface area (TPSA) is 55.1 Å². The summed E-state index contributed by atoms with van der Waals surface area (Å²) >= 11 is 0. The number of nitrogens with two attached hydrogens (primary N) is 1. The van der Waals surface area contributed by atoms with E-state index in [0.29, 0.717) is 12.1 Å². The number of fused-ring (bicyclic) bond motifs is 1. The van der Waals surface area contributed by atoms with Gasteiger partial charge in [0.25, 0.3) is 0 Å². The third kappa shape index (κ3) is 3.33. The molecule has 100 valence electrons. The zero-order valence-corrected chi connectivity index (χ0v) is 11.9. The second-order valence-corrected chi connectivity index (χ2v) is 6.74. The van der Waals surface area contributed by atoms with Crippen molar-refractivity contribution in [3.8, 4) is 0 Å². The van der Waals surface area contributed by atoms with Gasteiger partial charge in [0.2, 0.25) is 0 Å². The van der Waals surface area contributed by atoms with Gasteiger partial charge in [0.05, 0.1) is 0 Å². The van der Waals surface area contributed by atoms with Gasteiger partial charge in [-0.3, -0.25) is 4.21 Å². The van der Waals surface area contributed by atoms with Gasteiger partial charge in [-0.25, -0.2) is 0 Å². The van der Waals surface area contributed by atoms with Crippen LogP contribution in [0.1, 0.15) is 36.9 Å². The summed E-state index contributed by atoms with van der Waals surface area (Å²) in [6, 6.07) is 7.04. The molecule has 0 aromatic heterocycles. The molecule has 0 fully saturated rings. The van der Waals surface area contributed by atoms with Crippen molar-refractivity contribution in [2.24, 2.45) is 0 Å². The van der Waals surface area contributed by atoms with Crippen LogP contribution in [0.3, 0.4) is 0 Å². The predicted octanol–water partition coefficient (Wildman–Crippen LogP) is 2.00. The summed E-state index contributed by atoms with van der Waals surface area (Å²) in [4.78, 5) is 0. The molecule has 1 aromatic carbocycles. The molecule has 0 heterocycles. The van der Waals surface area contributed by atoms with Crippen LogP contribution < -0.4 is 11.1 Å². The fourth-order valence-corrected chi connectivity index (χ4v) is 3.27. The maximum absolute atomic E-state index is 11.1. The third-order valence-corrected chi connectivity index (χ3v) is 4.38. The molecular weight excluding hydrogens is 244 g/mol. The first-order valence-corrected chi connectivity index (χ1v) is 8.23. The van der Waals surface area contributed by atoms with Crippen molar-refractivity contribution in [1.29, 1.82) is 0 Å². The molecule has 1 aliphatic rings. The van der Waals surface area contributed by atoms with E-state index in [1.165, 1.54) is 11.1 Å². The summed E-state index contributed by atoms with van der Waals surface area (Å²) in [5.41, 5.74) is 9.41. The van der Waals surface area contributed by atoms with E-state index >= 15 is 0 Å². The van der Waals surface area contributed by atoms with E-state index in [4.69, 9.17) is 5.73 Å². The number of anilines is 1. The highest BCUT2D eigenvalue weighted by Crippen LogP contribution is 2.32. The number of rotatable bonds is 5. The molecule has 3 nitrogen and oxygen atoms in total. The van der Waals surface area contributed by atoms with E-state index in [1.54, 1.807) is 6.26 Å². The number of nitrogen functional groups attached to an aromatic ring is 1. The van der Waals surface area contributed by atoms with Crippen LogP contribution in [0.2, 0.25) is 0 Å². The minimum atomic E-state index is -0.694. The van der Waals surface area contributed by atoms with Crippen LogP contribution in [0.15, 0.2) is 18.2 Å². The molecule has 0 saturated carbocycles. The van der Waals surface area contributed by atoms with Crippen molar-refractivity contribution in [3.05, 3.63) is 29.3 Å². The summed E-state index contributed by atoms with van der Waals surface area (Å²) in [5.74, 6) is 0.773. The Bertz CT molecular complexity index is 447. The highest BCUT2D eigenvalue weighted by molar-refractivity contribution is 7.84.